The SMILES string of the molecule is CN=C(NCc1ccc(N2CC=CC2)cc1)NC1CCN(c2ccc(C)cc2)C1.I. The lowest BCUT2D eigenvalue weighted by Crippen LogP contribution is -2.44. The van der Waals surface area contributed by atoms with Gasteiger partial charge in [-0.1, -0.05) is 42.0 Å². The number of nitrogens with one attached hydrogen (secondary N) is 2. The van der Waals surface area contributed by atoms with Gasteiger partial charge in [-0.05, 0) is 43.2 Å². The zero-order valence-electron chi connectivity index (χ0n) is 17.8. The third-order valence-corrected chi connectivity index (χ3v) is 5.73. The number of hydrogen-bond acceptors (Lipinski definition) is 3. The van der Waals surface area contributed by atoms with E-state index in [1.807, 2.05) is 7.05 Å². The molecule has 2 heterocycles. The molecule has 0 aliphatic carbocycles. The quantitative estimate of drug-likeness (QED) is 0.273. The van der Waals surface area contributed by atoms with Crippen molar-refractivity contribution in [3.05, 3.63) is 71.8 Å². The lowest BCUT2D eigenvalue weighted by atomic mass is 10.2. The van der Waals surface area contributed by atoms with E-state index in [0.29, 0.717) is 6.04 Å². The molecule has 30 heavy (non-hydrogen) atoms. The molecule has 2 aromatic rings. The third-order valence-electron chi connectivity index (χ3n) is 5.73. The summed E-state index contributed by atoms with van der Waals surface area (Å²) in [5, 5.41) is 7.04. The Hall–Kier alpha value is -2.22. The fraction of sp³-hybridized carbons (Fsp3) is 0.375. The number of halogens is 1. The monoisotopic (exact) mass is 517 g/mol. The lowest BCUT2D eigenvalue weighted by Gasteiger charge is -2.21. The van der Waals surface area contributed by atoms with E-state index in [1.165, 1.54) is 22.5 Å². The molecule has 1 fully saturated rings. The van der Waals surface area contributed by atoms with Gasteiger partial charge in [-0.25, -0.2) is 0 Å². The van der Waals surface area contributed by atoms with Gasteiger partial charge in [-0.15, -0.1) is 24.0 Å². The van der Waals surface area contributed by atoms with Crippen LogP contribution < -0.4 is 20.4 Å². The molecule has 1 saturated heterocycles. The number of guanidine groups is 1. The van der Waals surface area contributed by atoms with Gasteiger partial charge in [0.05, 0.1) is 0 Å². The maximum absolute atomic E-state index is 4.42. The van der Waals surface area contributed by atoms with Crippen LogP contribution in [-0.2, 0) is 6.54 Å². The van der Waals surface area contributed by atoms with E-state index >= 15 is 0 Å². The van der Waals surface area contributed by atoms with Gasteiger partial charge in [-0.3, -0.25) is 4.99 Å². The van der Waals surface area contributed by atoms with Gasteiger partial charge in [-0.2, -0.15) is 0 Å². The standard InChI is InChI=1S/C24H31N5.HI/c1-19-5-9-23(10-6-19)29-16-13-21(18-29)27-24(25-2)26-17-20-7-11-22(12-8-20)28-14-3-4-15-28;/h3-12,21H,13-18H2,1-2H3,(H2,25,26,27);1H. The van der Waals surface area contributed by atoms with Crippen molar-refractivity contribution in [2.75, 3.05) is 43.0 Å². The summed E-state index contributed by atoms with van der Waals surface area (Å²) in [5.74, 6) is 0.869. The zero-order valence-corrected chi connectivity index (χ0v) is 20.2. The van der Waals surface area contributed by atoms with Gasteiger partial charge in [0, 0.05) is 57.2 Å². The summed E-state index contributed by atoms with van der Waals surface area (Å²) in [6.45, 7) is 6.99. The van der Waals surface area contributed by atoms with Crippen molar-refractivity contribution in [1.82, 2.24) is 10.6 Å². The molecule has 2 aliphatic rings. The largest absolute Gasteiger partial charge is 0.369 e. The van der Waals surface area contributed by atoms with Crippen molar-refractivity contribution in [2.24, 2.45) is 4.99 Å². The first-order chi connectivity index (χ1) is 14.2. The molecular formula is C24H32IN5. The van der Waals surface area contributed by atoms with Crippen molar-refractivity contribution in [2.45, 2.75) is 25.9 Å². The highest BCUT2D eigenvalue weighted by molar-refractivity contribution is 14.0. The Bertz CT molecular complexity index is 852. The first-order valence-corrected chi connectivity index (χ1v) is 10.5. The van der Waals surface area contributed by atoms with Crippen LogP contribution in [0.3, 0.4) is 0 Å². The summed E-state index contributed by atoms with van der Waals surface area (Å²) in [7, 11) is 1.84. The summed E-state index contributed by atoms with van der Waals surface area (Å²) in [6, 6.07) is 18.0. The first-order valence-electron chi connectivity index (χ1n) is 10.5. The third kappa shape index (κ3) is 5.68. The molecule has 1 unspecified atom stereocenters. The maximum atomic E-state index is 4.42. The molecule has 0 spiro atoms. The van der Waals surface area contributed by atoms with Crippen molar-refractivity contribution < 1.29 is 0 Å². The molecule has 0 radical (unpaired) electrons. The number of nitrogens with zero attached hydrogens (tertiary/aromatic N) is 3. The molecular weight excluding hydrogens is 485 g/mol. The molecule has 2 N–H and O–H groups in total. The van der Waals surface area contributed by atoms with Crippen LogP contribution in [-0.4, -0.2) is 45.2 Å². The number of aliphatic imine (C=N–C) groups is 1. The van der Waals surface area contributed by atoms with Gasteiger partial charge < -0.3 is 20.4 Å². The van der Waals surface area contributed by atoms with E-state index in [1.54, 1.807) is 0 Å². The van der Waals surface area contributed by atoms with E-state index in [9.17, 15) is 0 Å². The fourth-order valence-electron chi connectivity index (χ4n) is 3.96. The number of benzene rings is 2. The van der Waals surface area contributed by atoms with Crippen LogP contribution in [0.5, 0.6) is 0 Å². The van der Waals surface area contributed by atoms with Crippen LogP contribution >= 0.6 is 24.0 Å². The minimum atomic E-state index is 0. The highest BCUT2D eigenvalue weighted by Gasteiger charge is 2.23. The van der Waals surface area contributed by atoms with E-state index in [-0.39, 0.29) is 24.0 Å². The summed E-state index contributed by atoms with van der Waals surface area (Å²) in [6.07, 6.45) is 5.55. The second-order valence-corrected chi connectivity index (χ2v) is 7.88. The highest BCUT2D eigenvalue weighted by Crippen LogP contribution is 2.21. The van der Waals surface area contributed by atoms with Crippen molar-refractivity contribution >= 4 is 41.3 Å². The molecule has 2 aromatic carbocycles. The van der Waals surface area contributed by atoms with Crippen molar-refractivity contribution in [3.8, 4) is 0 Å². The second-order valence-electron chi connectivity index (χ2n) is 7.88. The molecule has 0 bridgehead atoms. The smallest absolute Gasteiger partial charge is 0.191 e. The van der Waals surface area contributed by atoms with Crippen molar-refractivity contribution in [1.29, 1.82) is 0 Å². The predicted octanol–water partition coefficient (Wildman–Crippen LogP) is 3.93. The van der Waals surface area contributed by atoms with Gasteiger partial charge in [0.25, 0.3) is 0 Å². The summed E-state index contributed by atoms with van der Waals surface area (Å²) >= 11 is 0. The van der Waals surface area contributed by atoms with Crippen LogP contribution in [0.1, 0.15) is 17.5 Å². The van der Waals surface area contributed by atoms with Crippen LogP contribution in [0.15, 0.2) is 65.7 Å². The Balaban J connectivity index is 0.00000256. The average molecular weight is 517 g/mol. The zero-order chi connectivity index (χ0) is 20.1. The van der Waals surface area contributed by atoms with Crippen LogP contribution in [0.25, 0.3) is 0 Å². The Morgan fingerprint density at radius 2 is 1.60 bits per heavy atom. The minimum Gasteiger partial charge on any atom is -0.369 e. The van der Waals surface area contributed by atoms with E-state index in [0.717, 1.165) is 45.1 Å². The van der Waals surface area contributed by atoms with Gasteiger partial charge >= 0.3 is 0 Å². The summed E-state index contributed by atoms with van der Waals surface area (Å²) in [5.41, 5.74) is 5.15. The van der Waals surface area contributed by atoms with Gasteiger partial charge in [0.2, 0.25) is 0 Å². The molecule has 0 aromatic heterocycles. The Morgan fingerprint density at radius 3 is 2.27 bits per heavy atom. The molecule has 1 atom stereocenters. The fourth-order valence-corrected chi connectivity index (χ4v) is 3.96. The Labute approximate surface area is 197 Å². The highest BCUT2D eigenvalue weighted by atomic mass is 127. The molecule has 4 rings (SSSR count). The molecule has 6 heteroatoms. The molecule has 0 saturated carbocycles. The normalized spacial score (nSPS) is 18.5. The van der Waals surface area contributed by atoms with Gasteiger partial charge in [0.15, 0.2) is 5.96 Å². The molecule has 0 amide bonds. The first kappa shape index (κ1) is 22.5. The predicted molar refractivity (Wildman–Crippen MR) is 138 cm³/mol. The second kappa shape index (κ2) is 10.7. The molecule has 2 aliphatic heterocycles. The van der Waals surface area contributed by atoms with E-state index in [2.05, 4.69) is 93.0 Å². The number of aryl methyl sites for hydroxylation is 1. The van der Waals surface area contributed by atoms with Crippen molar-refractivity contribution in [3.63, 3.8) is 0 Å². The summed E-state index contributed by atoms with van der Waals surface area (Å²) in [4.78, 5) is 9.22. The number of hydrogen-bond donors (Lipinski definition) is 2. The van der Waals surface area contributed by atoms with E-state index < -0.39 is 0 Å². The average Bonchev–Trinajstić information content (AvgIpc) is 3.44. The molecule has 160 valence electrons. The summed E-state index contributed by atoms with van der Waals surface area (Å²) < 4.78 is 0. The Kier molecular flexibility index (Phi) is 8.01. The number of rotatable bonds is 5. The minimum absolute atomic E-state index is 0. The molecule has 5 nitrogen and oxygen atoms in total. The van der Waals surface area contributed by atoms with Crippen LogP contribution in [0.4, 0.5) is 11.4 Å². The topological polar surface area (TPSA) is 42.9 Å². The van der Waals surface area contributed by atoms with Gasteiger partial charge in [0.1, 0.15) is 0 Å². The lowest BCUT2D eigenvalue weighted by molar-refractivity contribution is 0.648. The number of anilines is 2. The Morgan fingerprint density at radius 1 is 0.967 bits per heavy atom. The van der Waals surface area contributed by atoms with E-state index in [4.69, 9.17) is 0 Å². The van der Waals surface area contributed by atoms with Crippen LogP contribution in [0, 0.1) is 6.92 Å². The maximum Gasteiger partial charge on any atom is 0.191 e. The van der Waals surface area contributed by atoms with Crippen LogP contribution in [0.2, 0.25) is 0 Å².